The van der Waals surface area contributed by atoms with Crippen molar-refractivity contribution in [3.63, 3.8) is 0 Å². The van der Waals surface area contributed by atoms with E-state index >= 15 is 0 Å². The lowest BCUT2D eigenvalue weighted by Gasteiger charge is -1.99. The van der Waals surface area contributed by atoms with Crippen LogP contribution in [0.2, 0.25) is 0 Å². The van der Waals surface area contributed by atoms with Crippen molar-refractivity contribution in [2.75, 3.05) is 5.75 Å². The van der Waals surface area contributed by atoms with E-state index in [0.717, 1.165) is 6.08 Å². The van der Waals surface area contributed by atoms with Crippen molar-refractivity contribution in [3.05, 3.63) is 54.6 Å². The van der Waals surface area contributed by atoms with Gasteiger partial charge in [-0.15, -0.1) is 0 Å². The van der Waals surface area contributed by atoms with Gasteiger partial charge in [0.05, 0.1) is 10.6 Å². The summed E-state index contributed by atoms with van der Waals surface area (Å²) < 4.78 is 23.6. The van der Waals surface area contributed by atoms with E-state index in [-0.39, 0.29) is 10.6 Å². The van der Waals surface area contributed by atoms with Gasteiger partial charge in [-0.3, -0.25) is 10.0 Å². The third-order valence-corrected chi connectivity index (χ3v) is 3.64. The van der Waals surface area contributed by atoms with Gasteiger partial charge >= 0.3 is 0 Å². The molecule has 1 amide bonds. The second kappa shape index (κ2) is 6.73. The lowest BCUT2D eigenvalue weighted by atomic mass is 10.4. The fraction of sp³-hybridized carbons (Fsp3) is 0.0833. The number of nitrogens with one attached hydrogen (secondary N) is 1. The van der Waals surface area contributed by atoms with E-state index in [1.54, 1.807) is 18.2 Å². The summed E-state index contributed by atoms with van der Waals surface area (Å²) in [6.45, 7) is 0. The summed E-state index contributed by atoms with van der Waals surface area (Å²) in [5.41, 5.74) is 1.42. The first kappa shape index (κ1) is 14.1. The van der Waals surface area contributed by atoms with Crippen LogP contribution in [-0.2, 0) is 14.6 Å². The number of amides is 1. The molecular formula is C12H13NO4S. The summed E-state index contributed by atoms with van der Waals surface area (Å²) >= 11 is 0. The third-order valence-electron chi connectivity index (χ3n) is 2.02. The lowest BCUT2D eigenvalue weighted by molar-refractivity contribution is -0.124. The fourth-order valence-electron chi connectivity index (χ4n) is 1.17. The van der Waals surface area contributed by atoms with E-state index in [1.807, 2.05) is 0 Å². The Kier molecular flexibility index (Phi) is 5.29. The molecule has 0 saturated carbocycles. The molecule has 0 spiro atoms. The van der Waals surface area contributed by atoms with Gasteiger partial charge in [-0.25, -0.2) is 13.9 Å². The summed E-state index contributed by atoms with van der Waals surface area (Å²) in [6.07, 6.45) is 5.26. The predicted molar refractivity (Wildman–Crippen MR) is 66.7 cm³/mol. The number of benzene rings is 1. The normalized spacial score (nSPS) is 12.1. The molecule has 0 aliphatic rings. The van der Waals surface area contributed by atoms with Crippen molar-refractivity contribution in [1.29, 1.82) is 0 Å². The van der Waals surface area contributed by atoms with Crippen LogP contribution in [0.15, 0.2) is 59.5 Å². The van der Waals surface area contributed by atoms with Gasteiger partial charge in [0.15, 0.2) is 9.84 Å². The molecule has 0 unspecified atom stereocenters. The Hall–Kier alpha value is -1.92. The molecule has 0 radical (unpaired) electrons. The fourth-order valence-corrected chi connectivity index (χ4v) is 2.29. The molecule has 18 heavy (non-hydrogen) atoms. The Balaban J connectivity index is 2.61. The highest BCUT2D eigenvalue weighted by molar-refractivity contribution is 7.91. The summed E-state index contributed by atoms with van der Waals surface area (Å²) in [5, 5.41) is 8.20. The van der Waals surface area contributed by atoms with Crippen molar-refractivity contribution < 1.29 is 18.4 Å². The lowest BCUT2D eigenvalue weighted by Crippen LogP contribution is -2.14. The van der Waals surface area contributed by atoms with Crippen LogP contribution in [0.4, 0.5) is 0 Å². The Morgan fingerprint density at radius 1 is 1.22 bits per heavy atom. The van der Waals surface area contributed by atoms with Gasteiger partial charge in [-0.2, -0.15) is 0 Å². The highest BCUT2D eigenvalue weighted by Gasteiger charge is 2.10. The number of hydrogen-bond donors (Lipinski definition) is 2. The van der Waals surface area contributed by atoms with Gasteiger partial charge in [0.25, 0.3) is 5.91 Å². The Labute approximate surface area is 105 Å². The zero-order chi connectivity index (χ0) is 13.4. The number of hydrogen-bond acceptors (Lipinski definition) is 4. The van der Waals surface area contributed by atoms with Crippen LogP contribution in [0.1, 0.15) is 0 Å². The van der Waals surface area contributed by atoms with Crippen molar-refractivity contribution in [2.24, 2.45) is 0 Å². The quantitative estimate of drug-likeness (QED) is 0.362. The van der Waals surface area contributed by atoms with Gasteiger partial charge in [0.2, 0.25) is 0 Å². The minimum absolute atomic E-state index is 0.151. The van der Waals surface area contributed by atoms with Gasteiger partial charge < -0.3 is 0 Å². The van der Waals surface area contributed by atoms with E-state index < -0.39 is 15.7 Å². The molecule has 0 bridgehead atoms. The van der Waals surface area contributed by atoms with E-state index in [2.05, 4.69) is 0 Å². The summed E-state index contributed by atoms with van der Waals surface area (Å²) in [4.78, 5) is 10.8. The first-order valence-corrected chi connectivity index (χ1v) is 6.76. The highest BCUT2D eigenvalue weighted by Crippen LogP contribution is 2.09. The van der Waals surface area contributed by atoms with Gasteiger partial charge in [-0.05, 0) is 12.1 Å². The SMILES string of the molecule is O=C(/C=C/C=C/CS(=O)(=O)c1ccccc1)NO. The van der Waals surface area contributed by atoms with Gasteiger partial charge in [0.1, 0.15) is 0 Å². The maximum absolute atomic E-state index is 11.8. The maximum Gasteiger partial charge on any atom is 0.267 e. The number of carbonyl (C=O) groups excluding carboxylic acids is 1. The molecule has 0 aliphatic carbocycles. The molecule has 0 heterocycles. The number of sulfone groups is 1. The van der Waals surface area contributed by atoms with Crippen LogP contribution >= 0.6 is 0 Å². The van der Waals surface area contributed by atoms with Crippen molar-refractivity contribution in [2.45, 2.75) is 4.90 Å². The van der Waals surface area contributed by atoms with E-state index in [4.69, 9.17) is 5.21 Å². The standard InChI is InChI=1S/C12H13NO4S/c14-12(13-15)9-5-2-6-10-18(16,17)11-7-3-1-4-8-11/h1-9,15H,10H2,(H,13,14)/b6-2+,9-5+. The van der Waals surface area contributed by atoms with Gasteiger partial charge in [0, 0.05) is 6.08 Å². The molecule has 6 heteroatoms. The van der Waals surface area contributed by atoms with Crippen LogP contribution in [-0.4, -0.2) is 25.3 Å². The summed E-state index contributed by atoms with van der Waals surface area (Å²) in [6, 6.07) is 8.10. The Morgan fingerprint density at radius 2 is 1.89 bits per heavy atom. The molecule has 0 saturated heterocycles. The number of allylic oxidation sites excluding steroid dienone is 2. The molecule has 0 aromatic heterocycles. The maximum atomic E-state index is 11.8. The molecule has 0 fully saturated rings. The summed E-state index contributed by atoms with van der Waals surface area (Å²) in [7, 11) is -3.34. The zero-order valence-corrected chi connectivity index (χ0v) is 10.3. The molecule has 0 atom stereocenters. The predicted octanol–water partition coefficient (Wildman–Crippen LogP) is 1.08. The summed E-state index contributed by atoms with van der Waals surface area (Å²) in [5.74, 6) is -0.826. The topological polar surface area (TPSA) is 83.5 Å². The molecule has 1 aromatic carbocycles. The minimum atomic E-state index is -3.34. The average molecular weight is 267 g/mol. The Bertz CT molecular complexity index is 547. The number of rotatable bonds is 5. The number of hydroxylamine groups is 1. The van der Waals surface area contributed by atoms with E-state index in [9.17, 15) is 13.2 Å². The minimum Gasteiger partial charge on any atom is -0.288 e. The van der Waals surface area contributed by atoms with E-state index in [0.29, 0.717) is 0 Å². The van der Waals surface area contributed by atoms with Crippen molar-refractivity contribution in [1.82, 2.24) is 5.48 Å². The first-order chi connectivity index (χ1) is 8.56. The van der Waals surface area contributed by atoms with Crippen LogP contribution < -0.4 is 5.48 Å². The molecular weight excluding hydrogens is 254 g/mol. The van der Waals surface area contributed by atoms with Crippen LogP contribution in [0.3, 0.4) is 0 Å². The highest BCUT2D eigenvalue weighted by atomic mass is 32.2. The Morgan fingerprint density at radius 3 is 2.50 bits per heavy atom. The molecule has 5 nitrogen and oxygen atoms in total. The zero-order valence-electron chi connectivity index (χ0n) is 9.48. The second-order valence-electron chi connectivity index (χ2n) is 3.36. The van der Waals surface area contributed by atoms with Gasteiger partial charge in [-0.1, -0.05) is 36.4 Å². The largest absolute Gasteiger partial charge is 0.288 e. The number of carbonyl (C=O) groups is 1. The van der Waals surface area contributed by atoms with Crippen LogP contribution in [0, 0.1) is 0 Å². The van der Waals surface area contributed by atoms with E-state index in [1.165, 1.54) is 35.8 Å². The monoisotopic (exact) mass is 267 g/mol. The molecule has 96 valence electrons. The molecule has 2 N–H and O–H groups in total. The van der Waals surface area contributed by atoms with Crippen molar-refractivity contribution >= 4 is 15.7 Å². The van der Waals surface area contributed by atoms with Crippen LogP contribution in [0.5, 0.6) is 0 Å². The van der Waals surface area contributed by atoms with Crippen LogP contribution in [0.25, 0.3) is 0 Å². The molecule has 0 aliphatic heterocycles. The first-order valence-electron chi connectivity index (χ1n) is 5.11. The molecule has 1 aromatic rings. The smallest absolute Gasteiger partial charge is 0.267 e. The average Bonchev–Trinajstić information content (AvgIpc) is 2.39. The second-order valence-corrected chi connectivity index (χ2v) is 5.39. The molecule has 1 rings (SSSR count). The third kappa shape index (κ3) is 4.52. The van der Waals surface area contributed by atoms with Crippen molar-refractivity contribution in [3.8, 4) is 0 Å².